The number of para-hydroxylation sites is 1. The number of carboxylic acid groups (broad SMARTS) is 1. The number of nitrogens with two attached hydrogens (primary N) is 1. The van der Waals surface area contributed by atoms with E-state index in [1.165, 1.54) is 10.6 Å². The lowest BCUT2D eigenvalue weighted by atomic mass is 9.98. The molecule has 0 saturated carbocycles. The second kappa shape index (κ2) is 7.12. The normalized spacial score (nSPS) is 10.9. The van der Waals surface area contributed by atoms with E-state index in [0.717, 1.165) is 16.7 Å². The summed E-state index contributed by atoms with van der Waals surface area (Å²) in [7, 11) is 0. The molecule has 0 amide bonds. The van der Waals surface area contributed by atoms with Crippen molar-refractivity contribution in [3.63, 3.8) is 0 Å². The summed E-state index contributed by atoms with van der Waals surface area (Å²) in [6.07, 6.45) is 0. The first-order valence-electron chi connectivity index (χ1n) is 8.93. The van der Waals surface area contributed by atoms with Crippen LogP contribution in [-0.4, -0.2) is 26.5 Å². The van der Waals surface area contributed by atoms with Crippen molar-refractivity contribution in [2.45, 2.75) is 6.54 Å². The molecule has 0 bridgehead atoms. The van der Waals surface area contributed by atoms with Crippen molar-refractivity contribution in [2.75, 3.05) is 0 Å². The number of amidine groups is 1. The lowest BCUT2D eigenvalue weighted by Crippen LogP contribution is -2.18. The maximum absolute atomic E-state index is 12.4. The average molecular weight is 386 g/mol. The Hall–Kier alpha value is -4.13. The van der Waals surface area contributed by atoms with Gasteiger partial charge < -0.3 is 15.8 Å². The number of imidazole rings is 1. The maximum Gasteiger partial charge on any atom is 0.337 e. The summed E-state index contributed by atoms with van der Waals surface area (Å²) < 4.78 is 1.43. The predicted molar refractivity (Wildman–Crippen MR) is 112 cm³/mol. The Balaban J connectivity index is 1.73. The van der Waals surface area contributed by atoms with Crippen LogP contribution in [0.4, 0.5) is 0 Å². The van der Waals surface area contributed by atoms with Gasteiger partial charge in [-0.3, -0.25) is 9.98 Å². The molecule has 0 radical (unpaired) electrons. The SMILES string of the molecule is N=C(N)c1ccccc1-c1ccc(Cn2c(=O)[nH]c3cccc(C(=O)O)c32)cc1. The topological polar surface area (TPSA) is 125 Å². The van der Waals surface area contributed by atoms with Crippen molar-refractivity contribution in [3.8, 4) is 11.1 Å². The third kappa shape index (κ3) is 3.29. The monoisotopic (exact) mass is 386 g/mol. The molecule has 0 aliphatic carbocycles. The summed E-state index contributed by atoms with van der Waals surface area (Å²) in [4.78, 5) is 26.7. The number of hydrogen-bond donors (Lipinski definition) is 4. The number of nitrogens with zero attached hydrogens (tertiary/aromatic N) is 1. The van der Waals surface area contributed by atoms with Crippen molar-refractivity contribution >= 4 is 22.8 Å². The second-order valence-corrected chi connectivity index (χ2v) is 6.68. The summed E-state index contributed by atoms with van der Waals surface area (Å²) >= 11 is 0. The quantitative estimate of drug-likeness (QED) is 0.311. The number of carbonyl (C=O) groups is 1. The lowest BCUT2D eigenvalue weighted by Gasteiger charge is -2.10. The highest BCUT2D eigenvalue weighted by atomic mass is 16.4. The number of hydrogen-bond acceptors (Lipinski definition) is 3. The minimum atomic E-state index is -1.08. The first-order valence-corrected chi connectivity index (χ1v) is 8.93. The molecule has 3 aromatic carbocycles. The Bertz CT molecular complexity index is 1300. The summed E-state index contributed by atoms with van der Waals surface area (Å²) in [5.74, 6) is -1.09. The van der Waals surface area contributed by atoms with Crippen LogP contribution in [0.5, 0.6) is 0 Å². The van der Waals surface area contributed by atoms with E-state index < -0.39 is 5.97 Å². The minimum Gasteiger partial charge on any atom is -0.478 e. The molecule has 29 heavy (non-hydrogen) atoms. The van der Waals surface area contributed by atoms with Gasteiger partial charge in [-0.05, 0) is 28.8 Å². The third-order valence-electron chi connectivity index (χ3n) is 4.85. The van der Waals surface area contributed by atoms with Gasteiger partial charge in [-0.15, -0.1) is 0 Å². The minimum absolute atomic E-state index is 0.00350. The number of aromatic nitrogens is 2. The fraction of sp³-hybridized carbons (Fsp3) is 0.0455. The molecule has 0 atom stereocenters. The van der Waals surface area contributed by atoms with Gasteiger partial charge in [-0.25, -0.2) is 9.59 Å². The van der Waals surface area contributed by atoms with Crippen LogP contribution in [0.3, 0.4) is 0 Å². The standard InChI is InChI=1S/C22H18N4O3/c23-20(24)16-5-2-1-4-15(16)14-10-8-13(9-11-14)12-26-19-17(21(27)28)6-3-7-18(19)25-22(26)29/h1-11H,12H2,(H3,23,24)(H,25,29)(H,27,28). The number of nitrogen functional groups attached to an aromatic ring is 1. The van der Waals surface area contributed by atoms with Crippen molar-refractivity contribution in [2.24, 2.45) is 5.73 Å². The summed E-state index contributed by atoms with van der Waals surface area (Å²) in [6.45, 7) is 0.234. The largest absolute Gasteiger partial charge is 0.478 e. The van der Waals surface area contributed by atoms with Crippen LogP contribution >= 0.6 is 0 Å². The Labute approximate surface area is 165 Å². The zero-order valence-corrected chi connectivity index (χ0v) is 15.3. The molecule has 1 heterocycles. The molecule has 0 spiro atoms. The number of rotatable bonds is 5. The van der Waals surface area contributed by atoms with E-state index in [1.54, 1.807) is 18.2 Å². The molecule has 4 aromatic rings. The van der Waals surface area contributed by atoms with Gasteiger partial charge in [0, 0.05) is 5.56 Å². The zero-order chi connectivity index (χ0) is 20.5. The molecule has 1 aromatic heterocycles. The Morgan fingerprint density at radius 2 is 1.69 bits per heavy atom. The number of fused-ring (bicyclic) bond motifs is 1. The zero-order valence-electron chi connectivity index (χ0n) is 15.3. The maximum atomic E-state index is 12.4. The van der Waals surface area contributed by atoms with Crippen LogP contribution in [0.1, 0.15) is 21.5 Å². The summed E-state index contributed by atoms with van der Waals surface area (Å²) in [5, 5.41) is 17.2. The molecule has 0 aliphatic heterocycles. The molecule has 0 saturated heterocycles. The summed E-state index contributed by atoms with van der Waals surface area (Å²) in [5.41, 5.74) is 9.50. The second-order valence-electron chi connectivity index (χ2n) is 6.68. The number of benzene rings is 3. The lowest BCUT2D eigenvalue weighted by molar-refractivity contribution is 0.0698. The first-order chi connectivity index (χ1) is 14.0. The van der Waals surface area contributed by atoms with Crippen LogP contribution in [0.15, 0.2) is 71.5 Å². The molecule has 7 nitrogen and oxygen atoms in total. The summed E-state index contributed by atoms with van der Waals surface area (Å²) in [6, 6.07) is 19.7. The number of H-pyrrole nitrogens is 1. The molecular weight excluding hydrogens is 368 g/mol. The molecule has 4 rings (SSSR count). The van der Waals surface area contributed by atoms with Crippen LogP contribution in [0, 0.1) is 5.41 Å². The van der Waals surface area contributed by atoms with Gasteiger partial charge in [-0.1, -0.05) is 54.6 Å². The predicted octanol–water partition coefficient (Wildman–Crippen LogP) is 3.03. The number of nitrogens with one attached hydrogen (secondary N) is 2. The number of aromatic amines is 1. The molecule has 0 aliphatic rings. The van der Waals surface area contributed by atoms with Gasteiger partial charge in [-0.2, -0.15) is 0 Å². The highest BCUT2D eigenvalue weighted by Crippen LogP contribution is 2.24. The van der Waals surface area contributed by atoms with Crippen molar-refractivity contribution in [3.05, 3.63) is 93.9 Å². The van der Waals surface area contributed by atoms with Crippen LogP contribution in [0.25, 0.3) is 22.2 Å². The highest BCUT2D eigenvalue weighted by molar-refractivity contribution is 6.02. The van der Waals surface area contributed by atoms with Crippen molar-refractivity contribution in [1.82, 2.24) is 9.55 Å². The van der Waals surface area contributed by atoms with Gasteiger partial charge in [0.05, 0.1) is 23.1 Å². The van der Waals surface area contributed by atoms with E-state index in [9.17, 15) is 14.7 Å². The van der Waals surface area contributed by atoms with Crippen LogP contribution in [-0.2, 0) is 6.54 Å². The van der Waals surface area contributed by atoms with Gasteiger partial charge in [0.1, 0.15) is 5.84 Å². The fourth-order valence-electron chi connectivity index (χ4n) is 3.48. The van der Waals surface area contributed by atoms with Gasteiger partial charge in [0.15, 0.2) is 0 Å². The molecular formula is C22H18N4O3. The Morgan fingerprint density at radius 1 is 1.00 bits per heavy atom. The molecule has 7 heteroatoms. The fourth-order valence-corrected chi connectivity index (χ4v) is 3.48. The van der Waals surface area contributed by atoms with Gasteiger partial charge in [0.2, 0.25) is 0 Å². The van der Waals surface area contributed by atoms with Crippen molar-refractivity contribution in [1.29, 1.82) is 5.41 Å². The molecule has 0 fully saturated rings. The average Bonchev–Trinajstić information content (AvgIpc) is 3.03. The van der Waals surface area contributed by atoms with Crippen LogP contribution in [0.2, 0.25) is 0 Å². The Morgan fingerprint density at radius 3 is 2.38 bits per heavy atom. The molecule has 144 valence electrons. The highest BCUT2D eigenvalue weighted by Gasteiger charge is 2.16. The Kier molecular flexibility index (Phi) is 4.48. The third-order valence-corrected chi connectivity index (χ3v) is 4.85. The van der Waals surface area contributed by atoms with E-state index in [4.69, 9.17) is 11.1 Å². The number of aromatic carboxylic acids is 1. The van der Waals surface area contributed by atoms with Gasteiger partial charge >= 0.3 is 11.7 Å². The van der Waals surface area contributed by atoms with E-state index in [1.807, 2.05) is 42.5 Å². The molecule has 0 unspecified atom stereocenters. The van der Waals surface area contributed by atoms with Crippen LogP contribution < -0.4 is 11.4 Å². The van der Waals surface area contributed by atoms with Crippen molar-refractivity contribution < 1.29 is 9.90 Å². The van der Waals surface area contributed by atoms with E-state index >= 15 is 0 Å². The smallest absolute Gasteiger partial charge is 0.337 e. The first kappa shape index (κ1) is 18.2. The molecule has 5 N–H and O–H groups in total. The van der Waals surface area contributed by atoms with Gasteiger partial charge in [0.25, 0.3) is 0 Å². The van der Waals surface area contributed by atoms with E-state index in [0.29, 0.717) is 16.6 Å². The number of carboxylic acids is 1. The van der Waals surface area contributed by atoms with E-state index in [-0.39, 0.29) is 23.6 Å². The van der Waals surface area contributed by atoms with E-state index in [2.05, 4.69) is 4.98 Å².